The quantitative estimate of drug-likeness (QED) is 0.405. The molecule has 96 valence electrons. The van der Waals surface area contributed by atoms with Crippen LogP contribution in [-0.4, -0.2) is 35.3 Å². The van der Waals surface area contributed by atoms with Crippen molar-refractivity contribution in [2.24, 2.45) is 5.73 Å². The van der Waals surface area contributed by atoms with E-state index >= 15 is 0 Å². The van der Waals surface area contributed by atoms with E-state index in [-0.39, 0.29) is 19.0 Å². The molecule has 18 heavy (non-hydrogen) atoms. The number of hydroxylamine groups is 2. The highest BCUT2D eigenvalue weighted by Crippen LogP contribution is 2.00. The second-order valence-corrected chi connectivity index (χ2v) is 3.50. The van der Waals surface area contributed by atoms with Crippen LogP contribution in [0.5, 0.6) is 0 Å². The third-order valence-corrected chi connectivity index (χ3v) is 2.10. The minimum atomic E-state index is -0.955. The number of benzene rings is 1. The van der Waals surface area contributed by atoms with E-state index in [4.69, 9.17) is 10.9 Å². The number of nitrogens with zero attached hydrogens (tertiary/aromatic N) is 1. The van der Waals surface area contributed by atoms with E-state index in [1.165, 1.54) is 6.08 Å². The van der Waals surface area contributed by atoms with Gasteiger partial charge in [-0.15, -0.1) is 0 Å². The molecular weight excluding hydrogens is 234 g/mol. The zero-order valence-electron chi connectivity index (χ0n) is 9.74. The van der Waals surface area contributed by atoms with Crippen LogP contribution in [0.4, 0.5) is 4.79 Å². The van der Waals surface area contributed by atoms with Crippen LogP contribution in [-0.2, 0) is 4.79 Å². The maximum absolute atomic E-state index is 11.4. The monoisotopic (exact) mass is 249 g/mol. The number of hydrogen-bond acceptors (Lipinski definition) is 3. The summed E-state index contributed by atoms with van der Waals surface area (Å²) in [5.41, 5.74) is 5.71. The van der Waals surface area contributed by atoms with Gasteiger partial charge in [0.25, 0.3) is 0 Å². The molecule has 0 spiro atoms. The normalized spacial score (nSPS) is 10.3. The van der Waals surface area contributed by atoms with Gasteiger partial charge in [0.15, 0.2) is 0 Å². The zero-order valence-corrected chi connectivity index (χ0v) is 9.74. The van der Waals surface area contributed by atoms with Crippen molar-refractivity contribution in [2.75, 3.05) is 13.1 Å². The number of urea groups is 1. The highest BCUT2D eigenvalue weighted by atomic mass is 16.5. The van der Waals surface area contributed by atoms with Crippen LogP contribution < -0.4 is 11.1 Å². The molecule has 0 aliphatic carbocycles. The Bertz CT molecular complexity index is 431. The van der Waals surface area contributed by atoms with Crippen molar-refractivity contribution in [3.8, 4) is 0 Å². The molecule has 4 N–H and O–H groups in total. The van der Waals surface area contributed by atoms with Crippen LogP contribution in [0.25, 0.3) is 6.08 Å². The number of nitrogens with one attached hydrogen (secondary N) is 1. The zero-order chi connectivity index (χ0) is 13.4. The summed E-state index contributed by atoms with van der Waals surface area (Å²) in [6, 6.07) is 8.40. The lowest BCUT2D eigenvalue weighted by atomic mass is 10.2. The molecule has 0 aromatic heterocycles. The molecule has 0 saturated heterocycles. The molecule has 0 saturated carbocycles. The average Bonchev–Trinajstić information content (AvgIpc) is 2.37. The molecule has 1 rings (SSSR count). The molecule has 1 aromatic carbocycles. The smallest absolute Gasteiger partial charge is 0.338 e. The molecule has 0 heterocycles. The van der Waals surface area contributed by atoms with Crippen molar-refractivity contribution in [3.05, 3.63) is 42.0 Å². The van der Waals surface area contributed by atoms with Gasteiger partial charge in [0.2, 0.25) is 5.91 Å². The summed E-state index contributed by atoms with van der Waals surface area (Å²) in [6.45, 7) is 0.0671. The van der Waals surface area contributed by atoms with Gasteiger partial charge in [0.05, 0.1) is 6.54 Å². The van der Waals surface area contributed by atoms with E-state index in [2.05, 4.69) is 5.32 Å². The maximum Gasteiger partial charge on any atom is 0.338 e. The second kappa shape index (κ2) is 7.08. The van der Waals surface area contributed by atoms with Gasteiger partial charge in [-0.1, -0.05) is 30.3 Å². The number of hydrogen-bond donors (Lipinski definition) is 3. The summed E-state index contributed by atoms with van der Waals surface area (Å²) in [4.78, 5) is 21.8. The fraction of sp³-hybridized carbons (Fsp3) is 0.167. The van der Waals surface area contributed by atoms with Gasteiger partial charge >= 0.3 is 6.03 Å². The number of carbonyl (C=O) groups excluding carboxylic acids is 2. The molecule has 0 fully saturated rings. The van der Waals surface area contributed by atoms with Crippen LogP contribution in [0.2, 0.25) is 0 Å². The number of carbonyl (C=O) groups is 2. The predicted octanol–water partition coefficient (Wildman–Crippen LogP) is 0.586. The van der Waals surface area contributed by atoms with Gasteiger partial charge in [-0.2, -0.15) is 0 Å². The van der Waals surface area contributed by atoms with E-state index in [0.29, 0.717) is 5.06 Å². The molecule has 6 nitrogen and oxygen atoms in total. The van der Waals surface area contributed by atoms with Gasteiger partial charge in [0, 0.05) is 12.6 Å². The first-order valence-corrected chi connectivity index (χ1v) is 5.36. The fourth-order valence-corrected chi connectivity index (χ4v) is 1.19. The van der Waals surface area contributed by atoms with Crippen LogP contribution in [0.1, 0.15) is 5.56 Å². The van der Waals surface area contributed by atoms with Gasteiger partial charge in [-0.25, -0.2) is 9.86 Å². The largest absolute Gasteiger partial charge is 0.351 e. The molecule has 0 unspecified atom stereocenters. The Morgan fingerprint density at radius 3 is 2.61 bits per heavy atom. The van der Waals surface area contributed by atoms with Crippen LogP contribution in [0.3, 0.4) is 0 Å². The highest BCUT2D eigenvalue weighted by Gasteiger charge is 2.04. The van der Waals surface area contributed by atoms with Crippen molar-refractivity contribution in [2.45, 2.75) is 0 Å². The Morgan fingerprint density at radius 1 is 1.33 bits per heavy atom. The minimum Gasteiger partial charge on any atom is -0.351 e. The summed E-state index contributed by atoms with van der Waals surface area (Å²) < 4.78 is 0. The fourth-order valence-electron chi connectivity index (χ4n) is 1.19. The Morgan fingerprint density at radius 2 is 2.00 bits per heavy atom. The highest BCUT2D eigenvalue weighted by molar-refractivity contribution is 5.91. The SMILES string of the molecule is NC(=O)N(O)CCNC(=O)C=Cc1ccccc1. The lowest BCUT2D eigenvalue weighted by Gasteiger charge is -2.11. The molecule has 0 bridgehead atoms. The molecule has 0 aliphatic rings. The first-order valence-electron chi connectivity index (χ1n) is 5.36. The standard InChI is InChI=1S/C12H15N3O3/c13-12(17)15(18)9-8-14-11(16)7-6-10-4-2-1-3-5-10/h1-7,18H,8-9H2,(H2,13,17)(H,14,16). The van der Waals surface area contributed by atoms with Crippen molar-refractivity contribution >= 4 is 18.0 Å². The number of rotatable bonds is 5. The summed E-state index contributed by atoms with van der Waals surface area (Å²) in [7, 11) is 0. The Balaban J connectivity index is 2.30. The topological polar surface area (TPSA) is 95.7 Å². The van der Waals surface area contributed by atoms with Gasteiger partial charge < -0.3 is 11.1 Å². The number of nitrogens with two attached hydrogens (primary N) is 1. The maximum atomic E-state index is 11.4. The molecule has 0 radical (unpaired) electrons. The third-order valence-electron chi connectivity index (χ3n) is 2.10. The van der Waals surface area contributed by atoms with Crippen LogP contribution in [0, 0.1) is 0 Å². The first kappa shape index (κ1) is 13.7. The summed E-state index contributed by atoms with van der Waals surface area (Å²) in [5, 5.41) is 11.8. The van der Waals surface area contributed by atoms with Crippen molar-refractivity contribution in [1.29, 1.82) is 0 Å². The van der Waals surface area contributed by atoms with Crippen LogP contribution in [0.15, 0.2) is 36.4 Å². The minimum absolute atomic E-state index is 0.0553. The van der Waals surface area contributed by atoms with E-state index in [9.17, 15) is 9.59 Å². The molecular formula is C12H15N3O3. The van der Waals surface area contributed by atoms with Gasteiger partial charge in [0.1, 0.15) is 0 Å². The van der Waals surface area contributed by atoms with Gasteiger partial charge in [-0.05, 0) is 11.6 Å². The van der Waals surface area contributed by atoms with Crippen molar-refractivity contribution < 1.29 is 14.8 Å². The summed E-state index contributed by atoms with van der Waals surface area (Å²) in [5.74, 6) is -0.309. The third kappa shape index (κ3) is 5.13. The van der Waals surface area contributed by atoms with Crippen molar-refractivity contribution in [3.63, 3.8) is 0 Å². The predicted molar refractivity (Wildman–Crippen MR) is 66.6 cm³/mol. The Hall–Kier alpha value is -2.34. The molecule has 3 amide bonds. The lowest BCUT2D eigenvalue weighted by molar-refractivity contribution is -0.116. The van der Waals surface area contributed by atoms with Crippen LogP contribution >= 0.6 is 0 Å². The average molecular weight is 249 g/mol. The van der Waals surface area contributed by atoms with E-state index < -0.39 is 6.03 Å². The lowest BCUT2D eigenvalue weighted by Crippen LogP contribution is -2.38. The number of primary amides is 1. The van der Waals surface area contributed by atoms with E-state index in [1.807, 2.05) is 30.3 Å². The molecule has 6 heteroatoms. The number of amides is 3. The molecule has 1 aromatic rings. The summed E-state index contributed by atoms with van der Waals surface area (Å²) in [6.07, 6.45) is 3.04. The summed E-state index contributed by atoms with van der Waals surface area (Å²) >= 11 is 0. The Labute approximate surface area is 105 Å². The molecule has 0 atom stereocenters. The van der Waals surface area contributed by atoms with Gasteiger partial charge in [-0.3, -0.25) is 10.0 Å². The van der Waals surface area contributed by atoms with Crippen molar-refractivity contribution in [1.82, 2.24) is 10.4 Å². The second-order valence-electron chi connectivity index (χ2n) is 3.50. The molecule has 0 aliphatic heterocycles. The van der Waals surface area contributed by atoms with E-state index in [0.717, 1.165) is 5.56 Å². The Kier molecular flexibility index (Phi) is 5.40. The first-order chi connectivity index (χ1) is 8.59. The van der Waals surface area contributed by atoms with E-state index in [1.54, 1.807) is 6.08 Å².